The van der Waals surface area contributed by atoms with E-state index < -0.39 is 0 Å². The van der Waals surface area contributed by atoms with Crippen molar-refractivity contribution in [2.75, 3.05) is 33.2 Å². The van der Waals surface area contributed by atoms with Gasteiger partial charge in [0.15, 0.2) is 11.5 Å². The standard InChI is InChI=1S/C24H26N2O5/c1-2-29-18-5-3-16-11-20(26-19(16)13-18)23(27)25-14-24(7-9-28-10-8-24)17-4-6-21-22(12-17)31-15-30-21/h3-6,11-13,26H,2,7-10,14-15H2,1H3,(H,25,27). The molecule has 3 aromatic rings. The largest absolute Gasteiger partial charge is 0.494 e. The fourth-order valence-electron chi connectivity index (χ4n) is 4.39. The first kappa shape index (κ1) is 19.8. The van der Waals surface area contributed by atoms with Crippen molar-refractivity contribution in [3.05, 3.63) is 53.7 Å². The second-order valence-corrected chi connectivity index (χ2v) is 8.01. The minimum atomic E-state index is -0.205. The van der Waals surface area contributed by atoms with E-state index in [-0.39, 0.29) is 18.1 Å². The molecule has 1 aromatic heterocycles. The topological polar surface area (TPSA) is 81.8 Å². The van der Waals surface area contributed by atoms with E-state index in [1.807, 2.05) is 43.3 Å². The Morgan fingerprint density at radius 2 is 1.94 bits per heavy atom. The molecule has 7 heteroatoms. The van der Waals surface area contributed by atoms with Crippen molar-refractivity contribution in [3.63, 3.8) is 0 Å². The van der Waals surface area contributed by atoms with E-state index in [0.717, 1.165) is 46.6 Å². The molecule has 7 nitrogen and oxygen atoms in total. The Morgan fingerprint density at radius 3 is 2.77 bits per heavy atom. The molecule has 31 heavy (non-hydrogen) atoms. The molecule has 0 bridgehead atoms. The van der Waals surface area contributed by atoms with E-state index in [0.29, 0.717) is 32.1 Å². The number of aromatic amines is 1. The number of carbonyl (C=O) groups excluding carboxylic acids is 1. The molecular formula is C24H26N2O5. The maximum atomic E-state index is 13.0. The molecule has 0 aliphatic carbocycles. The summed E-state index contributed by atoms with van der Waals surface area (Å²) in [6.45, 7) is 4.65. The normalized spacial score (nSPS) is 16.9. The lowest BCUT2D eigenvalue weighted by atomic mass is 9.74. The third kappa shape index (κ3) is 3.81. The molecule has 1 fully saturated rings. The van der Waals surface area contributed by atoms with Crippen LogP contribution < -0.4 is 19.5 Å². The zero-order chi connectivity index (χ0) is 21.3. The van der Waals surface area contributed by atoms with Crippen LogP contribution in [0.3, 0.4) is 0 Å². The molecule has 2 aliphatic rings. The van der Waals surface area contributed by atoms with Crippen LogP contribution in [0.5, 0.6) is 17.2 Å². The number of nitrogens with one attached hydrogen (secondary N) is 2. The molecule has 0 saturated carbocycles. The van der Waals surface area contributed by atoms with Crippen LogP contribution in [0.15, 0.2) is 42.5 Å². The van der Waals surface area contributed by atoms with Crippen LogP contribution in [0.1, 0.15) is 35.8 Å². The Balaban J connectivity index is 1.36. The number of aromatic nitrogens is 1. The molecule has 162 valence electrons. The van der Waals surface area contributed by atoms with Gasteiger partial charge in [-0.1, -0.05) is 6.07 Å². The van der Waals surface area contributed by atoms with Crippen molar-refractivity contribution < 1.29 is 23.7 Å². The van der Waals surface area contributed by atoms with Crippen LogP contribution in [0.2, 0.25) is 0 Å². The molecular weight excluding hydrogens is 396 g/mol. The van der Waals surface area contributed by atoms with Gasteiger partial charge in [0.05, 0.1) is 6.61 Å². The third-order valence-electron chi connectivity index (χ3n) is 6.17. The van der Waals surface area contributed by atoms with E-state index in [4.69, 9.17) is 18.9 Å². The molecule has 2 aliphatic heterocycles. The van der Waals surface area contributed by atoms with E-state index >= 15 is 0 Å². The first-order valence-corrected chi connectivity index (χ1v) is 10.7. The van der Waals surface area contributed by atoms with Crippen molar-refractivity contribution >= 4 is 16.8 Å². The summed E-state index contributed by atoms with van der Waals surface area (Å²) in [6, 6.07) is 13.7. The van der Waals surface area contributed by atoms with Crippen LogP contribution in [0.4, 0.5) is 0 Å². The van der Waals surface area contributed by atoms with Crippen LogP contribution in [-0.2, 0) is 10.2 Å². The van der Waals surface area contributed by atoms with Crippen molar-refractivity contribution in [1.82, 2.24) is 10.3 Å². The predicted octanol–water partition coefficient (Wildman–Crippen LogP) is 3.77. The third-order valence-corrected chi connectivity index (χ3v) is 6.17. The summed E-state index contributed by atoms with van der Waals surface area (Å²) < 4.78 is 22.2. The van der Waals surface area contributed by atoms with Gasteiger partial charge in [0.1, 0.15) is 11.4 Å². The monoisotopic (exact) mass is 422 g/mol. The number of hydrogen-bond donors (Lipinski definition) is 2. The van der Waals surface area contributed by atoms with Gasteiger partial charge in [-0.2, -0.15) is 0 Å². The number of carbonyl (C=O) groups is 1. The summed E-state index contributed by atoms with van der Waals surface area (Å²) in [5, 5.41) is 4.12. The van der Waals surface area contributed by atoms with Crippen LogP contribution in [0, 0.1) is 0 Å². The summed E-state index contributed by atoms with van der Waals surface area (Å²) in [5.74, 6) is 2.18. The summed E-state index contributed by atoms with van der Waals surface area (Å²) in [7, 11) is 0. The van der Waals surface area contributed by atoms with Crippen molar-refractivity contribution in [2.45, 2.75) is 25.2 Å². The van der Waals surface area contributed by atoms with E-state index in [1.54, 1.807) is 0 Å². The lowest BCUT2D eigenvalue weighted by Gasteiger charge is -2.38. The van der Waals surface area contributed by atoms with Gasteiger partial charge in [0.25, 0.3) is 5.91 Å². The highest BCUT2D eigenvalue weighted by Gasteiger charge is 2.36. The number of H-pyrrole nitrogens is 1. The molecule has 1 saturated heterocycles. The first-order chi connectivity index (χ1) is 15.2. The number of ether oxygens (including phenoxy) is 4. The molecule has 2 aromatic carbocycles. The molecule has 0 spiro atoms. The summed E-state index contributed by atoms with van der Waals surface area (Å²) in [6.07, 6.45) is 1.66. The van der Waals surface area contributed by atoms with E-state index in [1.165, 1.54) is 0 Å². The second kappa shape index (κ2) is 8.15. The molecule has 1 amide bonds. The molecule has 0 atom stereocenters. The fourth-order valence-corrected chi connectivity index (χ4v) is 4.39. The minimum absolute atomic E-state index is 0.124. The predicted molar refractivity (Wildman–Crippen MR) is 116 cm³/mol. The van der Waals surface area contributed by atoms with Gasteiger partial charge in [-0.25, -0.2) is 0 Å². The molecule has 0 unspecified atom stereocenters. The number of fused-ring (bicyclic) bond motifs is 2. The van der Waals surface area contributed by atoms with Gasteiger partial charge in [0, 0.05) is 42.1 Å². The number of amides is 1. The fraction of sp³-hybridized carbons (Fsp3) is 0.375. The smallest absolute Gasteiger partial charge is 0.267 e. The first-order valence-electron chi connectivity index (χ1n) is 10.7. The Kier molecular flexibility index (Phi) is 5.19. The average Bonchev–Trinajstić information content (AvgIpc) is 3.44. The van der Waals surface area contributed by atoms with E-state index in [2.05, 4.69) is 16.4 Å². The molecule has 3 heterocycles. The highest BCUT2D eigenvalue weighted by atomic mass is 16.7. The minimum Gasteiger partial charge on any atom is -0.494 e. The number of benzene rings is 2. The van der Waals surface area contributed by atoms with Crippen LogP contribution in [0.25, 0.3) is 10.9 Å². The maximum Gasteiger partial charge on any atom is 0.267 e. The lowest BCUT2D eigenvalue weighted by molar-refractivity contribution is 0.0486. The van der Waals surface area contributed by atoms with Crippen molar-refractivity contribution in [3.8, 4) is 17.2 Å². The van der Waals surface area contributed by atoms with Crippen LogP contribution in [-0.4, -0.2) is 44.0 Å². The summed E-state index contributed by atoms with van der Waals surface area (Å²) in [4.78, 5) is 16.2. The average molecular weight is 422 g/mol. The Morgan fingerprint density at radius 1 is 1.10 bits per heavy atom. The number of hydrogen-bond acceptors (Lipinski definition) is 5. The van der Waals surface area contributed by atoms with Crippen LogP contribution >= 0.6 is 0 Å². The van der Waals surface area contributed by atoms with Gasteiger partial charge < -0.3 is 29.2 Å². The second-order valence-electron chi connectivity index (χ2n) is 8.01. The summed E-state index contributed by atoms with van der Waals surface area (Å²) in [5.41, 5.74) is 2.35. The van der Waals surface area contributed by atoms with Crippen molar-refractivity contribution in [2.24, 2.45) is 0 Å². The Labute approximate surface area is 180 Å². The van der Waals surface area contributed by atoms with Gasteiger partial charge in [0.2, 0.25) is 6.79 Å². The maximum absolute atomic E-state index is 13.0. The quantitative estimate of drug-likeness (QED) is 0.632. The Hall–Kier alpha value is -3.19. The van der Waals surface area contributed by atoms with Gasteiger partial charge >= 0.3 is 0 Å². The lowest BCUT2D eigenvalue weighted by Crippen LogP contribution is -2.44. The molecule has 5 rings (SSSR count). The highest BCUT2D eigenvalue weighted by Crippen LogP contribution is 2.40. The zero-order valence-corrected chi connectivity index (χ0v) is 17.5. The van der Waals surface area contributed by atoms with Gasteiger partial charge in [-0.05, 0) is 55.7 Å². The molecule has 2 N–H and O–H groups in total. The Bertz CT molecular complexity index is 1100. The SMILES string of the molecule is CCOc1ccc2cc(C(=O)NCC3(c4ccc5c(c4)OCO5)CCOCC3)[nH]c2c1. The van der Waals surface area contributed by atoms with Gasteiger partial charge in [-0.15, -0.1) is 0 Å². The highest BCUT2D eigenvalue weighted by molar-refractivity contribution is 5.98. The summed E-state index contributed by atoms with van der Waals surface area (Å²) >= 11 is 0. The zero-order valence-electron chi connectivity index (χ0n) is 17.5. The molecule has 0 radical (unpaired) electrons. The number of rotatable bonds is 6. The van der Waals surface area contributed by atoms with Gasteiger partial charge in [-0.3, -0.25) is 4.79 Å². The van der Waals surface area contributed by atoms with Crippen molar-refractivity contribution in [1.29, 1.82) is 0 Å². The van der Waals surface area contributed by atoms with E-state index in [9.17, 15) is 4.79 Å².